The highest BCUT2D eigenvalue weighted by Crippen LogP contribution is 2.28. The van der Waals surface area contributed by atoms with Crippen molar-refractivity contribution >= 4 is 35.0 Å². The molecule has 1 aromatic heterocycles. The Bertz CT molecular complexity index is 320. The maximum absolute atomic E-state index is 10.5. The molecular formula is C8H6O4S2-2. The van der Waals surface area contributed by atoms with Crippen molar-refractivity contribution < 1.29 is 19.8 Å². The van der Waals surface area contributed by atoms with Crippen molar-refractivity contribution in [3.63, 3.8) is 0 Å². The van der Waals surface area contributed by atoms with Gasteiger partial charge in [-0.1, -0.05) is 6.07 Å². The van der Waals surface area contributed by atoms with Gasteiger partial charge in [-0.3, -0.25) is 0 Å². The lowest BCUT2D eigenvalue weighted by Crippen LogP contribution is -2.38. The average molecular weight is 230 g/mol. The quantitative estimate of drug-likeness (QED) is 0.612. The van der Waals surface area contributed by atoms with E-state index in [1.165, 1.54) is 11.3 Å². The van der Waals surface area contributed by atoms with Gasteiger partial charge >= 0.3 is 0 Å². The van der Waals surface area contributed by atoms with E-state index in [1.54, 1.807) is 17.5 Å². The lowest BCUT2D eigenvalue weighted by atomic mass is 10.3. The standard InChI is InChI=1S/C8H8O4S2/c9-6(10)4-5(8(11)12)14-7-2-1-3-13-7/h1-3,5H,4H2,(H,9,10)(H,11,12)/p-2/t5-/m1/s1. The normalized spacial score (nSPS) is 12.3. The maximum atomic E-state index is 10.5. The molecule has 6 heteroatoms. The summed E-state index contributed by atoms with van der Waals surface area (Å²) in [6, 6.07) is 3.49. The smallest absolute Gasteiger partial charge is 0.0604 e. The summed E-state index contributed by atoms with van der Waals surface area (Å²) in [6.07, 6.45) is -0.537. The fourth-order valence-corrected chi connectivity index (χ4v) is 2.73. The van der Waals surface area contributed by atoms with E-state index in [4.69, 9.17) is 0 Å². The molecule has 0 spiro atoms. The van der Waals surface area contributed by atoms with Crippen LogP contribution in [0, 0.1) is 0 Å². The van der Waals surface area contributed by atoms with Crippen LogP contribution >= 0.6 is 23.1 Å². The van der Waals surface area contributed by atoms with Crippen molar-refractivity contribution in [3.8, 4) is 0 Å². The first-order chi connectivity index (χ1) is 6.59. The van der Waals surface area contributed by atoms with Gasteiger partial charge in [0.25, 0.3) is 0 Å². The molecule has 0 bridgehead atoms. The van der Waals surface area contributed by atoms with Crippen LogP contribution in [0.5, 0.6) is 0 Å². The van der Waals surface area contributed by atoms with Gasteiger partial charge < -0.3 is 19.8 Å². The minimum absolute atomic E-state index is 0.537. The molecule has 0 aromatic carbocycles. The zero-order valence-electron chi connectivity index (χ0n) is 6.97. The summed E-state index contributed by atoms with van der Waals surface area (Å²) in [5.74, 6) is -2.77. The van der Waals surface area contributed by atoms with Crippen LogP contribution in [0.3, 0.4) is 0 Å². The molecule has 0 fully saturated rings. The Kier molecular flexibility index (Phi) is 3.97. The molecule has 0 aliphatic heterocycles. The number of aliphatic carboxylic acids is 2. The molecule has 76 valence electrons. The van der Waals surface area contributed by atoms with Gasteiger partial charge in [0.2, 0.25) is 0 Å². The van der Waals surface area contributed by atoms with Crippen LogP contribution in [-0.4, -0.2) is 17.2 Å². The van der Waals surface area contributed by atoms with E-state index in [9.17, 15) is 19.8 Å². The fourth-order valence-electron chi connectivity index (χ4n) is 0.795. The van der Waals surface area contributed by atoms with E-state index in [1.807, 2.05) is 0 Å². The Hall–Kier alpha value is -1.01. The van der Waals surface area contributed by atoms with Gasteiger partial charge in [0.15, 0.2) is 0 Å². The minimum atomic E-state index is -1.39. The van der Waals surface area contributed by atoms with Crippen molar-refractivity contribution in [1.82, 2.24) is 0 Å². The molecule has 0 unspecified atom stereocenters. The molecule has 0 aliphatic rings. The van der Waals surface area contributed by atoms with Gasteiger partial charge in [-0.05, 0) is 11.4 Å². The third-order valence-electron chi connectivity index (χ3n) is 1.37. The molecule has 1 rings (SSSR count). The SMILES string of the molecule is O=C([O-])C[C@@H](Sc1cccs1)C(=O)[O-]. The number of carbonyl (C=O) groups is 2. The molecule has 1 aromatic rings. The lowest BCUT2D eigenvalue weighted by molar-refractivity contribution is -0.314. The molecule has 0 amide bonds. The van der Waals surface area contributed by atoms with Crippen molar-refractivity contribution in [2.75, 3.05) is 0 Å². The molecular weight excluding hydrogens is 224 g/mol. The molecule has 14 heavy (non-hydrogen) atoms. The molecule has 0 saturated heterocycles. The Morgan fingerprint density at radius 2 is 2.21 bits per heavy atom. The lowest BCUT2D eigenvalue weighted by Gasteiger charge is -2.16. The van der Waals surface area contributed by atoms with Crippen LogP contribution in [-0.2, 0) is 9.59 Å². The molecule has 1 atom stereocenters. The van der Waals surface area contributed by atoms with Crippen molar-refractivity contribution in [3.05, 3.63) is 17.5 Å². The summed E-state index contributed by atoms with van der Waals surface area (Å²) in [6.45, 7) is 0. The van der Waals surface area contributed by atoms with E-state index in [-0.39, 0.29) is 0 Å². The Morgan fingerprint density at radius 1 is 1.50 bits per heavy atom. The van der Waals surface area contributed by atoms with E-state index < -0.39 is 23.6 Å². The predicted octanol–water partition coefficient (Wildman–Crippen LogP) is -0.901. The molecule has 0 N–H and O–H groups in total. The highest BCUT2D eigenvalue weighted by atomic mass is 32.2. The Balaban J connectivity index is 2.60. The summed E-state index contributed by atoms with van der Waals surface area (Å²) in [4.78, 5) is 20.8. The van der Waals surface area contributed by atoms with E-state index in [2.05, 4.69) is 0 Å². The van der Waals surface area contributed by atoms with Gasteiger partial charge in [0.05, 0.1) is 15.4 Å². The number of hydrogen-bond acceptors (Lipinski definition) is 6. The second-order valence-corrected chi connectivity index (χ2v) is 4.88. The van der Waals surface area contributed by atoms with Crippen molar-refractivity contribution in [2.45, 2.75) is 15.9 Å². The largest absolute Gasteiger partial charge is 0.550 e. The highest BCUT2D eigenvalue weighted by molar-refractivity contribution is 8.02. The molecule has 1 heterocycles. The van der Waals surface area contributed by atoms with Crippen LogP contribution in [0.15, 0.2) is 21.7 Å². The van der Waals surface area contributed by atoms with Crippen LogP contribution in [0.25, 0.3) is 0 Å². The summed E-state index contributed by atoms with van der Waals surface area (Å²) in [5.41, 5.74) is 0. The number of carbonyl (C=O) groups excluding carboxylic acids is 2. The van der Waals surface area contributed by atoms with Crippen molar-refractivity contribution in [2.24, 2.45) is 0 Å². The zero-order chi connectivity index (χ0) is 10.6. The first-order valence-corrected chi connectivity index (χ1v) is 5.46. The second kappa shape index (κ2) is 5.02. The van der Waals surface area contributed by atoms with Crippen LogP contribution < -0.4 is 10.2 Å². The number of hydrogen-bond donors (Lipinski definition) is 0. The highest BCUT2D eigenvalue weighted by Gasteiger charge is 2.12. The summed E-state index contributed by atoms with van der Waals surface area (Å²) >= 11 is 2.32. The van der Waals surface area contributed by atoms with E-state index in [0.29, 0.717) is 0 Å². The first-order valence-electron chi connectivity index (χ1n) is 3.70. The molecule has 4 nitrogen and oxygen atoms in total. The second-order valence-electron chi connectivity index (χ2n) is 2.43. The van der Waals surface area contributed by atoms with Crippen LogP contribution in [0.1, 0.15) is 6.42 Å². The summed E-state index contributed by atoms with van der Waals surface area (Å²) < 4.78 is 0.750. The number of rotatable bonds is 5. The number of carboxylic acid groups (broad SMARTS) is 2. The molecule has 0 saturated carbocycles. The topological polar surface area (TPSA) is 80.3 Å². The predicted molar refractivity (Wildman–Crippen MR) is 48.6 cm³/mol. The summed E-state index contributed by atoms with van der Waals surface area (Å²) in [5, 5.41) is 21.5. The Morgan fingerprint density at radius 3 is 2.64 bits per heavy atom. The minimum Gasteiger partial charge on any atom is -0.550 e. The van der Waals surface area contributed by atoms with Crippen LogP contribution in [0.4, 0.5) is 0 Å². The van der Waals surface area contributed by atoms with Gasteiger partial charge in [0, 0.05) is 12.4 Å². The van der Waals surface area contributed by atoms with Gasteiger partial charge in [-0.25, -0.2) is 0 Å². The summed E-state index contributed by atoms with van der Waals surface area (Å²) in [7, 11) is 0. The zero-order valence-corrected chi connectivity index (χ0v) is 8.60. The fraction of sp³-hybridized carbons (Fsp3) is 0.250. The van der Waals surface area contributed by atoms with Crippen LogP contribution in [0.2, 0.25) is 0 Å². The average Bonchev–Trinajstić information content (AvgIpc) is 2.54. The number of thiophene rings is 1. The third-order valence-corrected chi connectivity index (χ3v) is 3.62. The molecule has 0 aliphatic carbocycles. The van der Waals surface area contributed by atoms with Gasteiger partial charge in [-0.2, -0.15) is 0 Å². The monoisotopic (exact) mass is 230 g/mol. The maximum Gasteiger partial charge on any atom is 0.0604 e. The first kappa shape index (κ1) is 11.1. The number of carboxylic acids is 2. The number of thioether (sulfide) groups is 1. The van der Waals surface area contributed by atoms with Gasteiger partial charge in [-0.15, -0.1) is 23.1 Å². The van der Waals surface area contributed by atoms with Crippen molar-refractivity contribution in [1.29, 1.82) is 0 Å². The van der Waals surface area contributed by atoms with E-state index in [0.717, 1.165) is 16.0 Å². The van der Waals surface area contributed by atoms with Gasteiger partial charge in [0.1, 0.15) is 0 Å². The Labute approximate surface area is 88.6 Å². The van der Waals surface area contributed by atoms with E-state index >= 15 is 0 Å². The third kappa shape index (κ3) is 3.39. The molecule has 0 radical (unpaired) electrons.